The summed E-state index contributed by atoms with van der Waals surface area (Å²) in [4.78, 5) is 34.5. The van der Waals surface area contributed by atoms with Gasteiger partial charge in [0.25, 0.3) is 5.56 Å². The molecule has 0 saturated heterocycles. The first-order valence-electron chi connectivity index (χ1n) is 10.0. The Morgan fingerprint density at radius 3 is 2.61 bits per heavy atom. The normalized spacial score (nSPS) is 12.1. The maximum atomic E-state index is 13.1. The molecule has 31 heavy (non-hydrogen) atoms. The Morgan fingerprint density at radius 2 is 1.87 bits per heavy atom. The minimum atomic E-state index is -0.356. The average molecular weight is 416 g/mol. The van der Waals surface area contributed by atoms with Gasteiger partial charge in [-0.3, -0.25) is 14.6 Å². The fraction of sp³-hybridized carbons (Fsp3) is 0.261. The summed E-state index contributed by atoms with van der Waals surface area (Å²) in [5.74, 6) is 0.610. The smallest absolute Gasteiger partial charge is 0.264 e. The SMILES string of the molecule is Cc1ccc(C)c([C@H](NC(=O)Cc2c(C)nc3[nH]nc(C)n3c2=O)c2ccncc2)c1. The zero-order chi connectivity index (χ0) is 22.1. The van der Waals surface area contributed by atoms with Crippen LogP contribution >= 0.6 is 0 Å². The van der Waals surface area contributed by atoms with E-state index in [1.165, 1.54) is 4.40 Å². The van der Waals surface area contributed by atoms with E-state index in [0.29, 0.717) is 22.9 Å². The molecule has 8 heteroatoms. The van der Waals surface area contributed by atoms with Gasteiger partial charge in [0.2, 0.25) is 11.7 Å². The molecule has 2 N–H and O–H groups in total. The van der Waals surface area contributed by atoms with Crippen LogP contribution in [0.3, 0.4) is 0 Å². The first-order chi connectivity index (χ1) is 14.8. The summed E-state index contributed by atoms with van der Waals surface area (Å²) in [7, 11) is 0. The molecule has 3 aromatic heterocycles. The van der Waals surface area contributed by atoms with Crippen LogP contribution in [0.4, 0.5) is 0 Å². The number of carbonyl (C=O) groups is 1. The number of fused-ring (bicyclic) bond motifs is 1. The third-order valence-corrected chi connectivity index (χ3v) is 5.45. The van der Waals surface area contributed by atoms with Gasteiger partial charge in [-0.1, -0.05) is 23.8 Å². The molecule has 1 amide bonds. The van der Waals surface area contributed by atoms with Gasteiger partial charge in [0, 0.05) is 18.0 Å². The van der Waals surface area contributed by atoms with Crippen LogP contribution in [0.15, 0.2) is 47.5 Å². The maximum absolute atomic E-state index is 13.1. The summed E-state index contributed by atoms with van der Waals surface area (Å²) in [5.41, 5.74) is 4.69. The molecule has 0 aliphatic carbocycles. The molecular weight excluding hydrogens is 392 g/mol. The Kier molecular flexibility index (Phi) is 5.37. The van der Waals surface area contributed by atoms with Crippen molar-refractivity contribution in [3.63, 3.8) is 0 Å². The molecule has 4 rings (SSSR count). The third-order valence-electron chi connectivity index (χ3n) is 5.45. The standard InChI is InChI=1S/C23H24N6O2/c1-13-5-6-14(2)18(11-13)21(17-7-9-24-10-8-17)26-20(30)12-19-15(3)25-23-28-27-16(4)29(23)22(19)31/h5-11,21H,12H2,1-4H3,(H,25,28)(H,26,30)/t21-/m1/s1. The highest BCUT2D eigenvalue weighted by Crippen LogP contribution is 2.26. The van der Waals surface area contributed by atoms with Crippen LogP contribution in [-0.2, 0) is 11.2 Å². The van der Waals surface area contributed by atoms with Crippen LogP contribution in [0.25, 0.3) is 5.78 Å². The van der Waals surface area contributed by atoms with Gasteiger partial charge in [0.1, 0.15) is 5.82 Å². The molecular formula is C23H24N6O2. The van der Waals surface area contributed by atoms with Gasteiger partial charge in [-0.15, -0.1) is 0 Å². The lowest BCUT2D eigenvalue weighted by atomic mass is 9.94. The number of amides is 1. The van der Waals surface area contributed by atoms with Crippen LogP contribution in [-0.4, -0.2) is 30.5 Å². The fourth-order valence-electron chi connectivity index (χ4n) is 3.76. The van der Waals surface area contributed by atoms with E-state index in [0.717, 1.165) is 22.3 Å². The second-order valence-corrected chi connectivity index (χ2v) is 7.73. The van der Waals surface area contributed by atoms with Crippen LogP contribution in [0.1, 0.15) is 45.4 Å². The molecule has 8 nitrogen and oxygen atoms in total. The summed E-state index contributed by atoms with van der Waals surface area (Å²) in [5, 5.41) is 9.88. The predicted octanol–water partition coefficient (Wildman–Crippen LogP) is 2.49. The highest BCUT2D eigenvalue weighted by Gasteiger charge is 2.21. The van der Waals surface area contributed by atoms with Gasteiger partial charge in [-0.2, -0.15) is 5.10 Å². The lowest BCUT2D eigenvalue weighted by Gasteiger charge is -2.22. The van der Waals surface area contributed by atoms with Gasteiger partial charge in [-0.05, 0) is 56.5 Å². The number of aromatic amines is 1. The van der Waals surface area contributed by atoms with E-state index in [1.54, 1.807) is 26.2 Å². The van der Waals surface area contributed by atoms with Crippen molar-refractivity contribution in [2.45, 2.75) is 40.2 Å². The van der Waals surface area contributed by atoms with E-state index >= 15 is 0 Å². The quantitative estimate of drug-likeness (QED) is 0.520. The monoisotopic (exact) mass is 416 g/mol. The number of nitrogens with zero attached hydrogens (tertiary/aromatic N) is 4. The number of benzene rings is 1. The van der Waals surface area contributed by atoms with E-state index in [2.05, 4.69) is 31.5 Å². The highest BCUT2D eigenvalue weighted by molar-refractivity contribution is 5.79. The lowest BCUT2D eigenvalue weighted by Crippen LogP contribution is -2.34. The number of rotatable bonds is 5. The van der Waals surface area contributed by atoms with Gasteiger partial charge >= 0.3 is 0 Å². The zero-order valence-electron chi connectivity index (χ0n) is 17.9. The molecule has 0 saturated carbocycles. The average Bonchev–Trinajstić information content (AvgIpc) is 3.12. The van der Waals surface area contributed by atoms with Crippen molar-refractivity contribution in [2.24, 2.45) is 0 Å². The Hall–Kier alpha value is -3.81. The predicted molar refractivity (Wildman–Crippen MR) is 117 cm³/mol. The molecule has 0 fully saturated rings. The molecule has 0 radical (unpaired) electrons. The number of nitrogens with one attached hydrogen (secondary N) is 2. The first kappa shape index (κ1) is 20.5. The molecule has 0 bridgehead atoms. The fourth-order valence-corrected chi connectivity index (χ4v) is 3.76. The van der Waals surface area contributed by atoms with Crippen LogP contribution in [0, 0.1) is 27.7 Å². The summed E-state index contributed by atoms with van der Waals surface area (Å²) >= 11 is 0. The van der Waals surface area contributed by atoms with Gasteiger partial charge in [0.15, 0.2) is 0 Å². The second-order valence-electron chi connectivity index (χ2n) is 7.73. The van der Waals surface area contributed by atoms with Crippen molar-refractivity contribution in [1.29, 1.82) is 0 Å². The number of pyridine rings is 1. The van der Waals surface area contributed by atoms with E-state index in [1.807, 2.05) is 38.1 Å². The largest absolute Gasteiger partial charge is 0.345 e. The number of hydrogen-bond acceptors (Lipinski definition) is 5. The Morgan fingerprint density at radius 1 is 1.13 bits per heavy atom. The van der Waals surface area contributed by atoms with Crippen molar-refractivity contribution >= 4 is 11.7 Å². The van der Waals surface area contributed by atoms with E-state index in [4.69, 9.17) is 0 Å². The van der Waals surface area contributed by atoms with Crippen molar-refractivity contribution in [1.82, 2.24) is 29.9 Å². The minimum absolute atomic E-state index is 0.0718. The molecule has 1 atom stereocenters. The maximum Gasteiger partial charge on any atom is 0.264 e. The summed E-state index contributed by atoms with van der Waals surface area (Å²) in [6.45, 7) is 7.48. The summed E-state index contributed by atoms with van der Waals surface area (Å²) in [6, 6.07) is 9.57. The Bertz CT molecular complexity index is 1320. The summed E-state index contributed by atoms with van der Waals surface area (Å²) < 4.78 is 1.39. The van der Waals surface area contributed by atoms with Crippen molar-refractivity contribution in [3.05, 3.63) is 92.4 Å². The van der Waals surface area contributed by atoms with Gasteiger partial charge in [0.05, 0.1) is 18.2 Å². The van der Waals surface area contributed by atoms with Crippen LogP contribution < -0.4 is 10.9 Å². The summed E-state index contributed by atoms with van der Waals surface area (Å²) in [6.07, 6.45) is 3.34. The van der Waals surface area contributed by atoms with Gasteiger partial charge in [-0.25, -0.2) is 14.5 Å². The van der Waals surface area contributed by atoms with Crippen molar-refractivity contribution < 1.29 is 4.79 Å². The Labute approximate surface area is 179 Å². The van der Waals surface area contributed by atoms with E-state index in [9.17, 15) is 9.59 Å². The first-order valence-corrected chi connectivity index (χ1v) is 10.0. The molecule has 0 aliphatic heterocycles. The second kappa shape index (κ2) is 8.14. The number of hydrogen-bond donors (Lipinski definition) is 2. The van der Waals surface area contributed by atoms with Crippen molar-refractivity contribution in [2.75, 3.05) is 0 Å². The number of aryl methyl sites for hydroxylation is 4. The third kappa shape index (κ3) is 3.96. The highest BCUT2D eigenvalue weighted by atomic mass is 16.2. The van der Waals surface area contributed by atoms with Crippen LogP contribution in [0.2, 0.25) is 0 Å². The molecule has 0 unspecified atom stereocenters. The number of carbonyl (C=O) groups excluding carboxylic acids is 1. The molecule has 4 aromatic rings. The Balaban J connectivity index is 1.69. The topological polar surface area (TPSA) is 105 Å². The molecule has 0 spiro atoms. The zero-order valence-corrected chi connectivity index (χ0v) is 17.9. The molecule has 3 heterocycles. The number of aromatic nitrogens is 5. The molecule has 0 aliphatic rings. The van der Waals surface area contributed by atoms with Crippen molar-refractivity contribution in [3.8, 4) is 0 Å². The van der Waals surface area contributed by atoms with Gasteiger partial charge < -0.3 is 5.32 Å². The number of H-pyrrole nitrogens is 1. The molecule has 158 valence electrons. The van der Waals surface area contributed by atoms with Crippen LogP contribution in [0.5, 0.6) is 0 Å². The molecule has 1 aromatic carbocycles. The lowest BCUT2D eigenvalue weighted by molar-refractivity contribution is -0.121. The van der Waals surface area contributed by atoms with E-state index < -0.39 is 0 Å². The minimum Gasteiger partial charge on any atom is -0.345 e. The van der Waals surface area contributed by atoms with E-state index in [-0.39, 0.29) is 23.9 Å².